The van der Waals surface area contributed by atoms with Gasteiger partial charge >= 0.3 is 0 Å². The predicted octanol–water partition coefficient (Wildman–Crippen LogP) is 3.82. The Hall–Kier alpha value is -3.09. The summed E-state index contributed by atoms with van der Waals surface area (Å²) in [5.41, 5.74) is 4.11. The highest BCUT2D eigenvalue weighted by molar-refractivity contribution is 5.92. The lowest BCUT2D eigenvalue weighted by Crippen LogP contribution is -2.23. The topological polar surface area (TPSA) is 93.0 Å². The second-order valence-corrected chi connectivity index (χ2v) is 7.95. The van der Waals surface area contributed by atoms with Crippen molar-refractivity contribution in [3.63, 3.8) is 0 Å². The van der Waals surface area contributed by atoms with Crippen LogP contribution in [0.4, 0.5) is 0 Å². The highest BCUT2D eigenvalue weighted by Gasteiger charge is 2.18. The zero-order chi connectivity index (χ0) is 20.3. The lowest BCUT2D eigenvalue weighted by molar-refractivity contribution is 0.0941. The van der Waals surface area contributed by atoms with Gasteiger partial charge in [-0.15, -0.1) is 0 Å². The fourth-order valence-corrected chi connectivity index (χ4v) is 2.60. The summed E-state index contributed by atoms with van der Waals surface area (Å²) in [5, 5.41) is 13.9. The smallest absolute Gasteiger partial charge is 0.273 e. The van der Waals surface area contributed by atoms with Gasteiger partial charge in [0, 0.05) is 11.5 Å². The molecule has 0 atom stereocenters. The molecule has 0 saturated heterocycles. The summed E-state index contributed by atoms with van der Waals surface area (Å²) in [6.45, 7) is 10.8. The van der Waals surface area contributed by atoms with E-state index >= 15 is 0 Å². The SMILES string of the molecule is Cc1ccc(C)c(OCc2cc(C(=O)NCc3cc(C(C)(C)C)n[nH]3)no2)c1. The average Bonchev–Trinajstić information content (AvgIpc) is 3.29. The molecule has 0 unspecified atom stereocenters. The van der Waals surface area contributed by atoms with Crippen molar-refractivity contribution in [1.29, 1.82) is 0 Å². The molecule has 0 aliphatic carbocycles. The summed E-state index contributed by atoms with van der Waals surface area (Å²) in [7, 11) is 0. The summed E-state index contributed by atoms with van der Waals surface area (Å²) in [4.78, 5) is 12.3. The molecule has 0 saturated carbocycles. The summed E-state index contributed by atoms with van der Waals surface area (Å²) in [6.07, 6.45) is 0. The van der Waals surface area contributed by atoms with Gasteiger partial charge in [0.1, 0.15) is 12.4 Å². The van der Waals surface area contributed by atoms with E-state index in [2.05, 4.69) is 41.4 Å². The van der Waals surface area contributed by atoms with Crippen molar-refractivity contribution in [2.45, 2.75) is 53.2 Å². The number of aromatic amines is 1. The number of ether oxygens (including phenoxy) is 1. The maximum absolute atomic E-state index is 12.3. The number of benzene rings is 1. The number of hydrogen-bond donors (Lipinski definition) is 2. The van der Waals surface area contributed by atoms with Crippen LogP contribution in [0.1, 0.15) is 59.5 Å². The first-order chi connectivity index (χ1) is 13.2. The van der Waals surface area contributed by atoms with Gasteiger partial charge in [-0.25, -0.2) is 0 Å². The van der Waals surface area contributed by atoms with Gasteiger partial charge in [-0.1, -0.05) is 38.1 Å². The van der Waals surface area contributed by atoms with E-state index < -0.39 is 0 Å². The van der Waals surface area contributed by atoms with Crippen LogP contribution in [0, 0.1) is 13.8 Å². The highest BCUT2D eigenvalue weighted by atomic mass is 16.5. The van der Waals surface area contributed by atoms with Gasteiger partial charge < -0.3 is 14.6 Å². The molecule has 0 aliphatic heterocycles. The fourth-order valence-electron chi connectivity index (χ4n) is 2.60. The maximum atomic E-state index is 12.3. The molecule has 0 aliphatic rings. The molecule has 3 aromatic rings. The predicted molar refractivity (Wildman–Crippen MR) is 105 cm³/mol. The summed E-state index contributed by atoms with van der Waals surface area (Å²) in [5.74, 6) is 0.965. The van der Waals surface area contributed by atoms with Crippen LogP contribution in [0.2, 0.25) is 0 Å². The summed E-state index contributed by atoms with van der Waals surface area (Å²) in [6, 6.07) is 9.55. The molecule has 1 aromatic carbocycles. The molecule has 28 heavy (non-hydrogen) atoms. The number of nitrogens with zero attached hydrogens (tertiary/aromatic N) is 2. The van der Waals surface area contributed by atoms with Crippen LogP contribution in [0.25, 0.3) is 0 Å². The van der Waals surface area contributed by atoms with E-state index in [1.54, 1.807) is 6.07 Å². The lowest BCUT2D eigenvalue weighted by Gasteiger charge is -2.13. The Morgan fingerprint density at radius 3 is 2.71 bits per heavy atom. The Labute approximate surface area is 164 Å². The summed E-state index contributed by atoms with van der Waals surface area (Å²) < 4.78 is 11.0. The molecule has 0 bridgehead atoms. The zero-order valence-electron chi connectivity index (χ0n) is 16.9. The van der Waals surface area contributed by atoms with E-state index in [0.29, 0.717) is 12.3 Å². The van der Waals surface area contributed by atoms with Gasteiger partial charge in [0.25, 0.3) is 5.91 Å². The Balaban J connectivity index is 1.55. The Kier molecular flexibility index (Phi) is 5.53. The average molecular weight is 382 g/mol. The molecule has 0 radical (unpaired) electrons. The van der Waals surface area contributed by atoms with Gasteiger partial charge in [0.05, 0.1) is 17.9 Å². The number of amides is 1. The van der Waals surface area contributed by atoms with Crippen LogP contribution in [0.15, 0.2) is 34.9 Å². The first-order valence-corrected chi connectivity index (χ1v) is 9.21. The van der Waals surface area contributed by atoms with E-state index in [9.17, 15) is 4.79 Å². The fraction of sp³-hybridized carbons (Fsp3) is 0.381. The van der Waals surface area contributed by atoms with Gasteiger partial charge in [-0.2, -0.15) is 5.10 Å². The molecule has 2 heterocycles. The van der Waals surface area contributed by atoms with Gasteiger partial charge in [0.2, 0.25) is 0 Å². The Bertz CT molecular complexity index is 966. The molecule has 2 aromatic heterocycles. The van der Waals surface area contributed by atoms with Crippen molar-refractivity contribution in [3.8, 4) is 5.75 Å². The molecule has 148 valence electrons. The number of aromatic nitrogens is 3. The van der Waals surface area contributed by atoms with E-state index in [1.807, 2.05) is 38.1 Å². The van der Waals surface area contributed by atoms with E-state index in [1.165, 1.54) is 0 Å². The Morgan fingerprint density at radius 1 is 1.21 bits per heavy atom. The summed E-state index contributed by atoms with van der Waals surface area (Å²) >= 11 is 0. The monoisotopic (exact) mass is 382 g/mol. The van der Waals surface area contributed by atoms with Crippen LogP contribution >= 0.6 is 0 Å². The van der Waals surface area contributed by atoms with Gasteiger partial charge in [0.15, 0.2) is 11.5 Å². The normalized spacial score (nSPS) is 11.5. The minimum atomic E-state index is -0.311. The largest absolute Gasteiger partial charge is 0.485 e. The molecular formula is C21H26N4O3. The highest BCUT2D eigenvalue weighted by Crippen LogP contribution is 2.21. The molecule has 1 amide bonds. The van der Waals surface area contributed by atoms with Crippen molar-refractivity contribution in [2.24, 2.45) is 0 Å². The van der Waals surface area contributed by atoms with Crippen molar-refractivity contribution in [1.82, 2.24) is 20.7 Å². The van der Waals surface area contributed by atoms with Crippen LogP contribution in [-0.2, 0) is 18.6 Å². The zero-order valence-corrected chi connectivity index (χ0v) is 16.9. The molecule has 7 heteroatoms. The number of rotatable bonds is 6. The lowest BCUT2D eigenvalue weighted by atomic mass is 9.92. The Morgan fingerprint density at radius 2 is 2.00 bits per heavy atom. The van der Waals surface area contributed by atoms with Crippen molar-refractivity contribution >= 4 is 5.91 Å². The second kappa shape index (κ2) is 7.88. The molecule has 3 rings (SSSR count). The van der Waals surface area contributed by atoms with E-state index in [-0.39, 0.29) is 23.6 Å². The molecule has 7 nitrogen and oxygen atoms in total. The molecular weight excluding hydrogens is 356 g/mol. The standard InChI is InChI=1S/C21H26N4O3/c1-13-6-7-14(2)18(8-13)27-12-16-10-17(25-28-16)20(26)22-11-15-9-19(24-23-15)21(3,4)5/h6-10H,11-12H2,1-5H3,(H,22,26)(H,23,24). The first-order valence-electron chi connectivity index (χ1n) is 9.21. The third kappa shape index (κ3) is 4.79. The number of hydrogen-bond acceptors (Lipinski definition) is 5. The van der Waals surface area contributed by atoms with Gasteiger partial charge in [-0.3, -0.25) is 9.89 Å². The molecule has 2 N–H and O–H groups in total. The quantitative estimate of drug-likeness (QED) is 0.676. The van der Waals surface area contributed by atoms with Crippen molar-refractivity contribution in [2.75, 3.05) is 0 Å². The van der Waals surface area contributed by atoms with Crippen LogP contribution in [-0.4, -0.2) is 21.3 Å². The third-order valence-electron chi connectivity index (χ3n) is 4.34. The first kappa shape index (κ1) is 19.7. The minimum absolute atomic E-state index is 0.0462. The maximum Gasteiger partial charge on any atom is 0.273 e. The third-order valence-corrected chi connectivity index (χ3v) is 4.34. The van der Waals surface area contributed by atoms with E-state index in [4.69, 9.17) is 9.26 Å². The second-order valence-electron chi connectivity index (χ2n) is 7.95. The molecule has 0 fully saturated rings. The van der Waals surface area contributed by atoms with Crippen LogP contribution in [0.5, 0.6) is 5.75 Å². The van der Waals surface area contributed by atoms with Crippen LogP contribution in [0.3, 0.4) is 0 Å². The van der Waals surface area contributed by atoms with E-state index in [0.717, 1.165) is 28.3 Å². The number of carbonyl (C=O) groups excluding carboxylic acids is 1. The number of H-pyrrole nitrogens is 1. The number of carbonyl (C=O) groups is 1. The van der Waals surface area contributed by atoms with Gasteiger partial charge in [-0.05, 0) is 37.1 Å². The number of nitrogens with one attached hydrogen (secondary N) is 2. The molecule has 0 spiro atoms. The van der Waals surface area contributed by atoms with Crippen LogP contribution < -0.4 is 10.1 Å². The minimum Gasteiger partial charge on any atom is -0.485 e. The van der Waals surface area contributed by atoms with Crippen molar-refractivity contribution < 1.29 is 14.1 Å². The number of aryl methyl sites for hydroxylation is 2. The van der Waals surface area contributed by atoms with Crippen molar-refractivity contribution in [3.05, 3.63) is 64.3 Å².